The predicted octanol–water partition coefficient (Wildman–Crippen LogP) is 2.28. The maximum atomic E-state index is 12.1. The zero-order valence-corrected chi connectivity index (χ0v) is 15.0. The minimum atomic E-state index is -3.57. The van der Waals surface area contributed by atoms with Crippen molar-refractivity contribution < 1.29 is 17.9 Å². The van der Waals surface area contributed by atoms with Crippen molar-refractivity contribution in [2.45, 2.75) is 11.8 Å². The Hall–Kier alpha value is -2.82. The fraction of sp³-hybridized carbons (Fsp3) is 0.211. The fourth-order valence-corrected chi connectivity index (χ4v) is 3.35. The topological polar surface area (TPSA) is 75.7 Å². The number of carbonyl (C=O) groups is 1. The summed E-state index contributed by atoms with van der Waals surface area (Å²) < 4.78 is 31.7. The van der Waals surface area contributed by atoms with Crippen LogP contribution in [0.2, 0.25) is 0 Å². The number of benzene rings is 2. The molecule has 26 heavy (non-hydrogen) atoms. The normalized spacial score (nSPS) is 13.9. The molecule has 7 heteroatoms. The highest BCUT2D eigenvalue weighted by Crippen LogP contribution is 2.18. The van der Waals surface area contributed by atoms with Gasteiger partial charge in [-0.1, -0.05) is 29.5 Å². The van der Waals surface area contributed by atoms with Crippen LogP contribution in [0.5, 0.6) is 0 Å². The van der Waals surface area contributed by atoms with E-state index in [1.165, 1.54) is 0 Å². The molecule has 6 nitrogen and oxygen atoms in total. The van der Waals surface area contributed by atoms with E-state index in [1.54, 1.807) is 53.4 Å². The number of amides is 1. The van der Waals surface area contributed by atoms with Crippen LogP contribution < -0.4 is 9.62 Å². The van der Waals surface area contributed by atoms with Crippen molar-refractivity contribution in [1.29, 1.82) is 0 Å². The van der Waals surface area contributed by atoms with Crippen LogP contribution in [0.4, 0.5) is 10.5 Å². The summed E-state index contributed by atoms with van der Waals surface area (Å²) in [5, 5.41) is 0. The molecule has 0 spiro atoms. The molecule has 0 aliphatic carbocycles. The molecule has 1 heterocycles. The van der Waals surface area contributed by atoms with Crippen molar-refractivity contribution in [1.82, 2.24) is 4.72 Å². The lowest BCUT2D eigenvalue weighted by atomic mass is 10.2. The standard InChI is InChI=1S/C19H18N2O4S/c1-15-4-10-18(11-5-15)26(23,24)20-12-2-3-16-6-8-17(9-7-16)21-13-14-25-19(21)22/h4-11,20H,12-14H2,1H3. The van der Waals surface area contributed by atoms with Crippen LogP contribution in [0, 0.1) is 18.8 Å². The Labute approximate surface area is 152 Å². The molecule has 1 N–H and O–H groups in total. The van der Waals surface area contributed by atoms with Gasteiger partial charge in [-0.3, -0.25) is 4.90 Å². The first kappa shape index (κ1) is 18.0. The van der Waals surface area contributed by atoms with Gasteiger partial charge in [-0.25, -0.2) is 13.2 Å². The predicted molar refractivity (Wildman–Crippen MR) is 98.4 cm³/mol. The summed E-state index contributed by atoms with van der Waals surface area (Å²) in [6.45, 7) is 2.83. The van der Waals surface area contributed by atoms with Gasteiger partial charge in [0.05, 0.1) is 18.0 Å². The third-order valence-corrected chi connectivity index (χ3v) is 5.27. The summed E-state index contributed by atoms with van der Waals surface area (Å²) >= 11 is 0. The Morgan fingerprint density at radius 3 is 2.42 bits per heavy atom. The molecule has 0 bridgehead atoms. The molecule has 3 rings (SSSR count). The second-order valence-corrected chi connectivity index (χ2v) is 7.52. The number of anilines is 1. The van der Waals surface area contributed by atoms with E-state index in [0.29, 0.717) is 13.2 Å². The first-order valence-electron chi connectivity index (χ1n) is 8.05. The summed E-state index contributed by atoms with van der Waals surface area (Å²) in [4.78, 5) is 13.3. The van der Waals surface area contributed by atoms with Crippen LogP contribution in [0.1, 0.15) is 11.1 Å². The average Bonchev–Trinajstić information content (AvgIpc) is 3.06. The van der Waals surface area contributed by atoms with Gasteiger partial charge in [0.2, 0.25) is 10.0 Å². The SMILES string of the molecule is Cc1ccc(S(=O)(=O)NCC#Cc2ccc(N3CCOC3=O)cc2)cc1. The highest BCUT2D eigenvalue weighted by Gasteiger charge is 2.23. The van der Waals surface area contributed by atoms with Gasteiger partial charge in [-0.15, -0.1) is 0 Å². The molecular weight excluding hydrogens is 352 g/mol. The van der Waals surface area contributed by atoms with Crippen LogP contribution in [-0.2, 0) is 14.8 Å². The fourth-order valence-electron chi connectivity index (χ4n) is 2.43. The molecule has 0 radical (unpaired) electrons. The molecule has 0 aromatic heterocycles. The lowest BCUT2D eigenvalue weighted by Gasteiger charge is -2.11. The Balaban J connectivity index is 1.59. The molecular formula is C19H18N2O4S. The third kappa shape index (κ3) is 4.23. The Morgan fingerprint density at radius 2 is 1.81 bits per heavy atom. The number of hydrogen-bond donors (Lipinski definition) is 1. The quantitative estimate of drug-likeness (QED) is 0.838. The van der Waals surface area contributed by atoms with Gasteiger partial charge in [-0.05, 0) is 43.3 Å². The molecule has 134 valence electrons. The van der Waals surface area contributed by atoms with Crippen LogP contribution >= 0.6 is 0 Å². The second-order valence-electron chi connectivity index (χ2n) is 5.75. The van der Waals surface area contributed by atoms with Crippen molar-refractivity contribution in [3.05, 3.63) is 59.7 Å². The number of sulfonamides is 1. The lowest BCUT2D eigenvalue weighted by molar-refractivity contribution is 0.181. The van der Waals surface area contributed by atoms with E-state index in [4.69, 9.17) is 4.74 Å². The monoisotopic (exact) mass is 370 g/mol. The number of hydrogen-bond acceptors (Lipinski definition) is 4. The van der Waals surface area contributed by atoms with Crippen molar-refractivity contribution in [3.63, 3.8) is 0 Å². The molecule has 0 atom stereocenters. The summed E-state index contributed by atoms with van der Waals surface area (Å²) in [5.74, 6) is 5.69. The number of nitrogens with zero attached hydrogens (tertiary/aromatic N) is 1. The smallest absolute Gasteiger partial charge is 0.414 e. The molecule has 2 aromatic rings. The zero-order valence-electron chi connectivity index (χ0n) is 14.2. The summed E-state index contributed by atoms with van der Waals surface area (Å²) in [5.41, 5.74) is 2.48. The molecule has 1 amide bonds. The van der Waals surface area contributed by atoms with Crippen molar-refractivity contribution in [2.75, 3.05) is 24.6 Å². The van der Waals surface area contributed by atoms with Crippen LogP contribution in [0.25, 0.3) is 0 Å². The first-order valence-corrected chi connectivity index (χ1v) is 9.53. The highest BCUT2D eigenvalue weighted by atomic mass is 32.2. The largest absolute Gasteiger partial charge is 0.447 e. The number of carbonyl (C=O) groups excluding carboxylic acids is 1. The number of ether oxygens (including phenoxy) is 1. The molecule has 1 aliphatic rings. The molecule has 0 unspecified atom stereocenters. The Bertz CT molecular complexity index is 955. The van der Waals surface area contributed by atoms with Crippen LogP contribution in [0.15, 0.2) is 53.4 Å². The summed E-state index contributed by atoms with van der Waals surface area (Å²) in [7, 11) is -3.57. The van der Waals surface area contributed by atoms with E-state index in [-0.39, 0.29) is 17.5 Å². The van der Waals surface area contributed by atoms with Gasteiger partial charge >= 0.3 is 6.09 Å². The number of nitrogens with one attached hydrogen (secondary N) is 1. The van der Waals surface area contributed by atoms with Gasteiger partial charge in [0.1, 0.15) is 6.61 Å². The van der Waals surface area contributed by atoms with E-state index in [0.717, 1.165) is 16.8 Å². The average molecular weight is 370 g/mol. The van der Waals surface area contributed by atoms with Gasteiger partial charge in [0, 0.05) is 11.3 Å². The number of cyclic esters (lactones) is 1. The van der Waals surface area contributed by atoms with Crippen LogP contribution in [0.3, 0.4) is 0 Å². The Kier molecular flexibility index (Phi) is 5.26. The summed E-state index contributed by atoms with van der Waals surface area (Å²) in [6, 6.07) is 13.8. The van der Waals surface area contributed by atoms with Crippen LogP contribution in [-0.4, -0.2) is 34.2 Å². The molecule has 1 saturated heterocycles. The molecule has 1 fully saturated rings. The van der Waals surface area contributed by atoms with E-state index in [9.17, 15) is 13.2 Å². The molecule has 1 aliphatic heterocycles. The summed E-state index contributed by atoms with van der Waals surface area (Å²) in [6.07, 6.45) is -0.352. The molecule has 0 saturated carbocycles. The van der Waals surface area contributed by atoms with Gasteiger partial charge in [0.25, 0.3) is 0 Å². The highest BCUT2D eigenvalue weighted by molar-refractivity contribution is 7.89. The minimum absolute atomic E-state index is 0.0103. The van der Waals surface area contributed by atoms with E-state index < -0.39 is 10.0 Å². The maximum Gasteiger partial charge on any atom is 0.414 e. The van der Waals surface area contributed by atoms with Crippen molar-refractivity contribution in [3.8, 4) is 11.8 Å². The zero-order chi connectivity index (χ0) is 18.6. The number of rotatable bonds is 4. The number of aryl methyl sites for hydroxylation is 1. The first-order chi connectivity index (χ1) is 12.5. The van der Waals surface area contributed by atoms with Gasteiger partial charge in [0.15, 0.2) is 0 Å². The van der Waals surface area contributed by atoms with E-state index in [1.807, 2.05) is 6.92 Å². The minimum Gasteiger partial charge on any atom is -0.447 e. The Morgan fingerprint density at radius 1 is 1.12 bits per heavy atom. The van der Waals surface area contributed by atoms with E-state index in [2.05, 4.69) is 16.6 Å². The van der Waals surface area contributed by atoms with Crippen molar-refractivity contribution in [2.24, 2.45) is 0 Å². The second kappa shape index (κ2) is 7.60. The van der Waals surface area contributed by atoms with Crippen molar-refractivity contribution >= 4 is 21.8 Å². The lowest BCUT2D eigenvalue weighted by Crippen LogP contribution is -2.24. The van der Waals surface area contributed by atoms with E-state index >= 15 is 0 Å². The van der Waals surface area contributed by atoms with Gasteiger partial charge in [-0.2, -0.15) is 4.72 Å². The van der Waals surface area contributed by atoms with Gasteiger partial charge < -0.3 is 4.74 Å². The third-order valence-electron chi connectivity index (χ3n) is 3.85. The molecule has 2 aromatic carbocycles. The maximum absolute atomic E-state index is 12.1.